The molecular weight excluding hydrogens is 659 g/mol. The first-order valence-corrected chi connectivity index (χ1v) is 21.4. The van der Waals surface area contributed by atoms with Gasteiger partial charge in [0.15, 0.2) is 13.9 Å². The number of aliphatic hydroxyl groups excluding tert-OH is 1. The van der Waals surface area contributed by atoms with Crippen molar-refractivity contribution in [2.24, 2.45) is 5.92 Å². The first kappa shape index (κ1) is 35.2. The Morgan fingerprint density at radius 1 is 0.961 bits per heavy atom. The quantitative estimate of drug-likeness (QED) is 0.190. The van der Waals surface area contributed by atoms with Crippen molar-refractivity contribution < 1.29 is 24.2 Å². The van der Waals surface area contributed by atoms with Crippen LogP contribution in [-0.2, 0) is 33.0 Å². The van der Waals surface area contributed by atoms with E-state index in [9.17, 15) is 19.5 Å². The highest BCUT2D eigenvalue weighted by atomic mass is 28.4. The van der Waals surface area contributed by atoms with E-state index in [2.05, 4.69) is 17.2 Å². The Morgan fingerprint density at radius 3 is 2.43 bits per heavy atom. The molecule has 4 heterocycles. The van der Waals surface area contributed by atoms with Crippen molar-refractivity contribution >= 4 is 31.5 Å². The Hall–Kier alpha value is -4.16. The van der Waals surface area contributed by atoms with Crippen LogP contribution in [0.1, 0.15) is 73.8 Å². The van der Waals surface area contributed by atoms with Gasteiger partial charge in [-0.2, -0.15) is 0 Å². The third-order valence-electron chi connectivity index (χ3n) is 11.2. The van der Waals surface area contributed by atoms with Gasteiger partial charge in [-0.05, 0) is 61.7 Å². The number of aromatic nitrogens is 3. The fraction of sp³-hybridized carbons (Fsp3) is 0.450. The SMILES string of the molecule is C[C@@H]1[C@@H]([Si](C)(C)O)[C@H](CCn2cc(C(CO)c3ccccc3)nn2)O[C@@]12C(=O)N(Cc1ccc(N3CCCCCCC3=O)cc1)c1ccccc12. The molecule has 4 aromatic rings. The molecule has 1 unspecified atom stereocenters. The maximum Gasteiger partial charge on any atom is 0.264 e. The van der Waals surface area contributed by atoms with E-state index in [1.165, 1.54) is 0 Å². The number of aliphatic hydroxyl groups is 1. The lowest BCUT2D eigenvalue weighted by atomic mass is 9.82. The van der Waals surface area contributed by atoms with Crippen molar-refractivity contribution in [2.75, 3.05) is 23.0 Å². The molecule has 11 heteroatoms. The number of carbonyl (C=O) groups excluding carboxylic acids is 2. The van der Waals surface area contributed by atoms with Crippen LogP contribution in [0.15, 0.2) is 85.1 Å². The first-order valence-electron chi connectivity index (χ1n) is 18.4. The zero-order valence-electron chi connectivity index (χ0n) is 29.8. The largest absolute Gasteiger partial charge is 0.432 e. The Labute approximate surface area is 301 Å². The number of para-hydroxylation sites is 1. The normalized spacial score (nSPS) is 24.5. The van der Waals surface area contributed by atoms with Gasteiger partial charge in [-0.3, -0.25) is 14.3 Å². The molecule has 1 spiro atoms. The van der Waals surface area contributed by atoms with E-state index >= 15 is 0 Å². The Kier molecular flexibility index (Phi) is 9.99. The summed E-state index contributed by atoms with van der Waals surface area (Å²) in [6.07, 6.45) is 6.79. The van der Waals surface area contributed by atoms with Crippen LogP contribution in [0.2, 0.25) is 18.6 Å². The molecule has 3 aliphatic rings. The van der Waals surface area contributed by atoms with E-state index in [0.717, 1.165) is 60.3 Å². The minimum Gasteiger partial charge on any atom is -0.432 e. The summed E-state index contributed by atoms with van der Waals surface area (Å²) in [5, 5.41) is 18.9. The van der Waals surface area contributed by atoms with Crippen LogP contribution in [0.3, 0.4) is 0 Å². The van der Waals surface area contributed by atoms with Crippen molar-refractivity contribution in [1.82, 2.24) is 15.0 Å². The average Bonchev–Trinajstić information content (AvgIpc) is 3.77. The maximum atomic E-state index is 14.8. The minimum atomic E-state index is -2.83. The molecule has 3 aliphatic heterocycles. The number of hydrogen-bond acceptors (Lipinski definition) is 7. The lowest BCUT2D eigenvalue weighted by Crippen LogP contribution is -2.46. The summed E-state index contributed by atoms with van der Waals surface area (Å²) >= 11 is 0. The summed E-state index contributed by atoms with van der Waals surface area (Å²) in [6.45, 7) is 7.43. The summed E-state index contributed by atoms with van der Waals surface area (Å²) in [7, 11) is -2.83. The van der Waals surface area contributed by atoms with Crippen molar-refractivity contribution in [3.8, 4) is 0 Å². The predicted octanol–water partition coefficient (Wildman–Crippen LogP) is 6.13. The van der Waals surface area contributed by atoms with Crippen LogP contribution in [-0.4, -0.2) is 64.3 Å². The van der Waals surface area contributed by atoms with Crippen LogP contribution in [0.5, 0.6) is 0 Å². The fourth-order valence-electron chi connectivity index (χ4n) is 8.75. The number of carbonyl (C=O) groups is 2. The van der Waals surface area contributed by atoms with Crippen molar-refractivity contribution in [1.29, 1.82) is 0 Å². The fourth-order valence-corrected chi connectivity index (χ4v) is 11.4. The third-order valence-corrected chi connectivity index (χ3v) is 13.7. The summed E-state index contributed by atoms with van der Waals surface area (Å²) in [6, 6.07) is 25.7. The van der Waals surface area contributed by atoms with Crippen LogP contribution in [0, 0.1) is 5.92 Å². The molecule has 51 heavy (non-hydrogen) atoms. The highest BCUT2D eigenvalue weighted by Gasteiger charge is 2.66. The Balaban J connectivity index is 1.12. The first-order chi connectivity index (χ1) is 24.6. The molecule has 0 aliphatic carbocycles. The zero-order valence-corrected chi connectivity index (χ0v) is 30.8. The number of ether oxygens (including phenoxy) is 1. The predicted molar refractivity (Wildman–Crippen MR) is 199 cm³/mol. The van der Waals surface area contributed by atoms with E-state index in [1.807, 2.05) is 108 Å². The van der Waals surface area contributed by atoms with Gasteiger partial charge in [0.05, 0.1) is 36.6 Å². The van der Waals surface area contributed by atoms with Gasteiger partial charge in [0.25, 0.3) is 5.91 Å². The summed E-state index contributed by atoms with van der Waals surface area (Å²) in [5.41, 5.74) is 3.75. The highest BCUT2D eigenvalue weighted by molar-refractivity contribution is 6.71. The molecule has 0 bridgehead atoms. The van der Waals surface area contributed by atoms with Gasteiger partial charge in [0, 0.05) is 48.4 Å². The molecule has 1 aromatic heterocycles. The lowest BCUT2D eigenvalue weighted by Gasteiger charge is -2.32. The van der Waals surface area contributed by atoms with E-state index < -0.39 is 13.9 Å². The molecule has 0 saturated carbocycles. The topological polar surface area (TPSA) is 121 Å². The van der Waals surface area contributed by atoms with Gasteiger partial charge in [0.1, 0.15) is 0 Å². The molecule has 7 rings (SSSR count). The number of rotatable bonds is 10. The molecule has 268 valence electrons. The van der Waals surface area contributed by atoms with E-state index in [4.69, 9.17) is 4.74 Å². The van der Waals surface area contributed by atoms with Crippen molar-refractivity contribution in [3.63, 3.8) is 0 Å². The van der Waals surface area contributed by atoms with Gasteiger partial charge >= 0.3 is 0 Å². The molecule has 0 radical (unpaired) electrons. The molecule has 2 saturated heterocycles. The van der Waals surface area contributed by atoms with E-state index in [-0.39, 0.29) is 41.9 Å². The second-order valence-corrected chi connectivity index (χ2v) is 19.0. The molecule has 10 nitrogen and oxygen atoms in total. The van der Waals surface area contributed by atoms with Crippen molar-refractivity contribution in [3.05, 3.63) is 107 Å². The van der Waals surface area contributed by atoms with Crippen LogP contribution >= 0.6 is 0 Å². The number of anilines is 2. The van der Waals surface area contributed by atoms with Crippen LogP contribution < -0.4 is 9.80 Å². The lowest BCUT2D eigenvalue weighted by molar-refractivity contribution is -0.146. The molecule has 3 aromatic carbocycles. The molecular formula is C40H49N5O5Si. The molecule has 2 fully saturated rings. The summed E-state index contributed by atoms with van der Waals surface area (Å²) in [4.78, 5) is 43.1. The van der Waals surface area contributed by atoms with Crippen molar-refractivity contribution in [2.45, 2.75) is 94.8 Å². The number of amides is 2. The minimum absolute atomic E-state index is 0.0822. The second-order valence-electron chi connectivity index (χ2n) is 15.0. The number of aryl methyl sites for hydroxylation is 1. The van der Waals surface area contributed by atoms with Gasteiger partial charge in [-0.15, -0.1) is 5.10 Å². The molecule has 2 N–H and O–H groups in total. The monoisotopic (exact) mass is 707 g/mol. The number of nitrogens with zero attached hydrogens (tertiary/aromatic N) is 5. The highest BCUT2D eigenvalue weighted by Crippen LogP contribution is 2.59. The van der Waals surface area contributed by atoms with Gasteiger partial charge in [0.2, 0.25) is 5.91 Å². The van der Waals surface area contributed by atoms with E-state index in [1.54, 1.807) is 4.68 Å². The van der Waals surface area contributed by atoms with Gasteiger partial charge in [-0.1, -0.05) is 85.6 Å². The number of benzene rings is 3. The third kappa shape index (κ3) is 6.68. The van der Waals surface area contributed by atoms with E-state index in [0.29, 0.717) is 31.6 Å². The van der Waals surface area contributed by atoms with Gasteiger partial charge in [-0.25, -0.2) is 0 Å². The van der Waals surface area contributed by atoms with Crippen LogP contribution in [0.25, 0.3) is 0 Å². The Morgan fingerprint density at radius 2 is 1.69 bits per heavy atom. The number of fused-ring (bicyclic) bond motifs is 2. The Bertz CT molecular complexity index is 1840. The molecule has 5 atom stereocenters. The standard InChI is InChI=1S/C40H49N5O5Si/c1-28-38(51(2,3)49)36(22-24-43-26-34(41-42-43)32(27-46)30-13-7-6-8-14-30)50-40(28)33-15-10-11-16-35(33)45(39(40)48)25-29-18-20-31(21-19-29)44-23-12-5-4-9-17-37(44)47/h6-8,10-11,13-16,18-21,26,28,32,36,38,46,49H,4-5,9,12,17,22-25,27H2,1-3H3/t28-,32?,36+,38-,40+/m1/s1. The van der Waals surface area contributed by atoms with Crippen LogP contribution in [0.4, 0.5) is 11.4 Å². The summed E-state index contributed by atoms with van der Waals surface area (Å²) < 4.78 is 8.77. The second kappa shape index (κ2) is 14.5. The number of hydrogen-bond donors (Lipinski definition) is 2. The summed E-state index contributed by atoms with van der Waals surface area (Å²) in [5.74, 6) is -0.484. The zero-order chi connectivity index (χ0) is 35.8. The average molecular weight is 708 g/mol. The van der Waals surface area contributed by atoms with Gasteiger partial charge < -0.3 is 24.4 Å². The molecule has 2 amide bonds. The maximum absolute atomic E-state index is 14.8. The smallest absolute Gasteiger partial charge is 0.264 e.